The first kappa shape index (κ1) is 8.56. The summed E-state index contributed by atoms with van der Waals surface area (Å²) in [6.45, 7) is 0. The molecule has 0 aliphatic heterocycles. The molecule has 15 heavy (non-hydrogen) atoms. The number of aromatic nitrogens is 2. The van der Waals surface area contributed by atoms with Crippen LogP contribution in [0, 0.1) is 0 Å². The highest BCUT2D eigenvalue weighted by atomic mass is 32.1. The molecule has 0 saturated carbocycles. The maximum Gasteiger partial charge on any atom is 0.387 e. The number of fused-ring (bicyclic) bond motifs is 1. The largest absolute Gasteiger partial charge is 0.387 e. The van der Waals surface area contributed by atoms with Crippen molar-refractivity contribution in [1.82, 2.24) is 4.98 Å². The third-order valence-electron chi connectivity index (χ3n) is 2.34. The molecule has 0 bridgehead atoms. The molecular formula is C12H9N2S+. The topological polar surface area (TPSA) is 17.0 Å². The maximum atomic E-state index is 4.31. The van der Waals surface area contributed by atoms with Gasteiger partial charge in [-0.2, -0.15) is 4.40 Å². The lowest BCUT2D eigenvalue weighted by Gasteiger charge is -1.97. The van der Waals surface area contributed by atoms with Crippen LogP contribution in [0.1, 0.15) is 0 Å². The molecule has 3 rings (SSSR count). The quantitative estimate of drug-likeness (QED) is 0.568. The fourth-order valence-electron chi connectivity index (χ4n) is 1.64. The molecule has 0 fully saturated rings. The summed E-state index contributed by atoms with van der Waals surface area (Å²) in [7, 11) is 0. The lowest BCUT2D eigenvalue weighted by atomic mass is 10.1. The molecule has 3 heteroatoms. The molecule has 2 nitrogen and oxygen atoms in total. The Labute approximate surface area is 91.5 Å². The van der Waals surface area contributed by atoms with Gasteiger partial charge in [0.25, 0.3) is 0 Å². The Balaban J connectivity index is 2.31. The Morgan fingerprint density at radius 3 is 2.80 bits per heavy atom. The summed E-state index contributed by atoms with van der Waals surface area (Å²) >= 11 is 1.65. The molecule has 0 radical (unpaired) electrons. The summed E-state index contributed by atoms with van der Waals surface area (Å²) in [6.07, 6.45) is 3.91. The van der Waals surface area contributed by atoms with Crippen LogP contribution in [0.5, 0.6) is 0 Å². The third-order valence-corrected chi connectivity index (χ3v) is 3.11. The zero-order valence-electron chi connectivity index (χ0n) is 8.00. The molecule has 0 atom stereocenters. The van der Waals surface area contributed by atoms with E-state index >= 15 is 0 Å². The molecule has 0 N–H and O–H groups in total. The van der Waals surface area contributed by atoms with Crippen molar-refractivity contribution in [3.63, 3.8) is 0 Å². The van der Waals surface area contributed by atoms with E-state index in [1.54, 1.807) is 11.3 Å². The number of hydrogen-bond donors (Lipinski definition) is 0. The summed E-state index contributed by atoms with van der Waals surface area (Å²) in [5, 5.41) is 2.05. The van der Waals surface area contributed by atoms with Gasteiger partial charge in [-0.1, -0.05) is 41.7 Å². The highest BCUT2D eigenvalue weighted by Crippen LogP contribution is 2.15. The van der Waals surface area contributed by atoms with E-state index in [0.717, 1.165) is 4.96 Å². The molecule has 0 aliphatic rings. The van der Waals surface area contributed by atoms with Crippen LogP contribution in [0.3, 0.4) is 0 Å². The van der Waals surface area contributed by atoms with Gasteiger partial charge >= 0.3 is 4.96 Å². The number of rotatable bonds is 1. The van der Waals surface area contributed by atoms with Gasteiger partial charge in [0.15, 0.2) is 0 Å². The van der Waals surface area contributed by atoms with E-state index in [-0.39, 0.29) is 0 Å². The Morgan fingerprint density at radius 1 is 1.07 bits per heavy atom. The van der Waals surface area contributed by atoms with Gasteiger partial charge in [-0.25, -0.2) is 0 Å². The van der Waals surface area contributed by atoms with Gasteiger partial charge in [0, 0.05) is 17.0 Å². The van der Waals surface area contributed by atoms with Crippen LogP contribution in [-0.2, 0) is 0 Å². The van der Waals surface area contributed by atoms with Gasteiger partial charge < -0.3 is 0 Å². The van der Waals surface area contributed by atoms with Crippen molar-refractivity contribution in [2.75, 3.05) is 0 Å². The highest BCUT2D eigenvalue weighted by Gasteiger charge is 2.10. The number of benzene rings is 1. The average molecular weight is 213 g/mol. The second-order valence-electron chi connectivity index (χ2n) is 3.25. The van der Waals surface area contributed by atoms with E-state index in [1.165, 1.54) is 11.3 Å². The zero-order valence-corrected chi connectivity index (χ0v) is 8.82. The highest BCUT2D eigenvalue weighted by molar-refractivity contribution is 7.14. The van der Waals surface area contributed by atoms with E-state index < -0.39 is 0 Å². The van der Waals surface area contributed by atoms with Crippen LogP contribution in [-0.4, -0.2) is 4.98 Å². The fraction of sp³-hybridized carbons (Fsp3) is 0. The van der Waals surface area contributed by atoms with Crippen molar-refractivity contribution >= 4 is 16.3 Å². The Kier molecular flexibility index (Phi) is 1.96. The minimum atomic E-state index is 1.02. The van der Waals surface area contributed by atoms with Crippen LogP contribution in [0.15, 0.2) is 54.2 Å². The van der Waals surface area contributed by atoms with E-state index in [4.69, 9.17) is 0 Å². The van der Waals surface area contributed by atoms with Crippen LogP contribution in [0.25, 0.3) is 16.2 Å². The van der Waals surface area contributed by atoms with Crippen LogP contribution in [0.2, 0.25) is 0 Å². The molecule has 0 saturated heterocycles. The van der Waals surface area contributed by atoms with Crippen LogP contribution >= 0.6 is 11.3 Å². The predicted octanol–water partition coefficient (Wildman–Crippen LogP) is 2.55. The Hall–Kier alpha value is -1.74. The number of thiazole rings is 1. The molecule has 3 aromatic rings. The first-order valence-electron chi connectivity index (χ1n) is 4.74. The zero-order chi connectivity index (χ0) is 10.1. The molecule has 2 heterocycles. The molecule has 0 spiro atoms. The van der Waals surface area contributed by atoms with E-state index in [0.29, 0.717) is 0 Å². The van der Waals surface area contributed by atoms with Gasteiger partial charge in [-0.15, -0.1) is 0 Å². The molecule has 2 aromatic heterocycles. The van der Waals surface area contributed by atoms with Crippen molar-refractivity contribution in [3.8, 4) is 11.3 Å². The Bertz CT molecular complexity index is 587. The monoisotopic (exact) mass is 213 g/mol. The average Bonchev–Trinajstić information content (AvgIpc) is 2.78. The van der Waals surface area contributed by atoms with E-state index in [2.05, 4.69) is 45.2 Å². The van der Waals surface area contributed by atoms with E-state index in [1.807, 2.05) is 18.3 Å². The minimum absolute atomic E-state index is 1.02. The maximum absolute atomic E-state index is 4.31. The molecule has 1 aromatic carbocycles. The van der Waals surface area contributed by atoms with Gasteiger partial charge in [-0.05, 0) is 4.98 Å². The van der Waals surface area contributed by atoms with Crippen molar-refractivity contribution in [1.29, 1.82) is 0 Å². The van der Waals surface area contributed by atoms with Gasteiger partial charge in [0.1, 0.15) is 18.1 Å². The first-order chi connectivity index (χ1) is 7.45. The van der Waals surface area contributed by atoms with Crippen molar-refractivity contribution < 1.29 is 4.40 Å². The molecule has 72 valence electrons. The smallest absolute Gasteiger partial charge is 0.186 e. The molecule has 0 amide bonds. The summed E-state index contributed by atoms with van der Waals surface area (Å²) < 4.78 is 2.11. The molecule has 0 aliphatic carbocycles. The fourth-order valence-corrected chi connectivity index (χ4v) is 2.34. The van der Waals surface area contributed by atoms with Crippen molar-refractivity contribution in [2.24, 2.45) is 0 Å². The summed E-state index contributed by atoms with van der Waals surface area (Å²) in [5.41, 5.74) is 2.40. The summed E-state index contributed by atoms with van der Waals surface area (Å²) in [4.78, 5) is 5.33. The molecule has 0 unspecified atom stereocenters. The lowest BCUT2D eigenvalue weighted by molar-refractivity contribution is -0.497. The summed E-state index contributed by atoms with van der Waals surface area (Å²) in [5.74, 6) is 0. The van der Waals surface area contributed by atoms with E-state index in [9.17, 15) is 0 Å². The van der Waals surface area contributed by atoms with Gasteiger partial charge in [0.05, 0.1) is 0 Å². The SMILES string of the molecule is c1ccc(-c2ccnc3scc[n+]23)cc1. The number of hydrogen-bond acceptors (Lipinski definition) is 2. The second-order valence-corrected chi connectivity index (χ2v) is 4.12. The third kappa shape index (κ3) is 1.41. The normalized spacial score (nSPS) is 10.7. The molecular weight excluding hydrogens is 204 g/mol. The predicted molar refractivity (Wildman–Crippen MR) is 60.7 cm³/mol. The Morgan fingerprint density at radius 2 is 1.93 bits per heavy atom. The summed E-state index contributed by atoms with van der Waals surface area (Å²) in [6, 6.07) is 12.4. The first-order valence-corrected chi connectivity index (χ1v) is 5.62. The lowest BCUT2D eigenvalue weighted by Crippen LogP contribution is -2.21. The number of nitrogens with zero attached hydrogens (tertiary/aromatic N) is 2. The second kappa shape index (κ2) is 3.44. The van der Waals surface area contributed by atoms with Gasteiger partial charge in [-0.3, -0.25) is 0 Å². The van der Waals surface area contributed by atoms with Gasteiger partial charge in [0.2, 0.25) is 0 Å². The van der Waals surface area contributed by atoms with Crippen LogP contribution in [0.4, 0.5) is 0 Å². The minimum Gasteiger partial charge on any atom is -0.186 e. The standard InChI is InChI=1S/C12H9N2S/c1-2-4-10(5-3-1)11-6-7-13-12-14(11)8-9-15-12/h1-9H/q+1. The van der Waals surface area contributed by atoms with Crippen molar-refractivity contribution in [2.45, 2.75) is 0 Å². The van der Waals surface area contributed by atoms with Crippen molar-refractivity contribution in [3.05, 3.63) is 54.2 Å². The van der Waals surface area contributed by atoms with Crippen LogP contribution < -0.4 is 4.40 Å².